The first-order valence-corrected chi connectivity index (χ1v) is 6.93. The van der Waals surface area contributed by atoms with Gasteiger partial charge in [-0.25, -0.2) is 4.98 Å². The van der Waals surface area contributed by atoms with E-state index in [9.17, 15) is 0 Å². The Morgan fingerprint density at radius 2 is 2.05 bits per heavy atom. The van der Waals surface area contributed by atoms with E-state index in [0.29, 0.717) is 23.9 Å². The van der Waals surface area contributed by atoms with Gasteiger partial charge in [-0.15, -0.1) is 0 Å². The van der Waals surface area contributed by atoms with Crippen molar-refractivity contribution in [1.29, 1.82) is 0 Å². The lowest BCUT2D eigenvalue weighted by Crippen LogP contribution is -2.19. The largest absolute Gasteiger partial charge is 0.357 e. The molecule has 2 atom stereocenters. The summed E-state index contributed by atoms with van der Waals surface area (Å²) < 4.78 is 1.77. The van der Waals surface area contributed by atoms with E-state index >= 15 is 0 Å². The number of hydrogen-bond acceptors (Lipinski definition) is 6. The molecular formula is C13H19N7. The van der Waals surface area contributed by atoms with Crippen molar-refractivity contribution >= 4 is 11.9 Å². The minimum atomic E-state index is 0.452. The number of nitrogens with one attached hydrogen (secondary N) is 2. The third-order valence-electron chi connectivity index (χ3n) is 3.61. The number of imidazole rings is 1. The highest BCUT2D eigenvalue weighted by Gasteiger charge is 2.22. The minimum absolute atomic E-state index is 0.452. The monoisotopic (exact) mass is 273 g/mol. The second kappa shape index (κ2) is 5.44. The predicted molar refractivity (Wildman–Crippen MR) is 76.9 cm³/mol. The van der Waals surface area contributed by atoms with E-state index in [1.165, 1.54) is 19.3 Å². The van der Waals surface area contributed by atoms with Crippen molar-refractivity contribution in [2.24, 2.45) is 5.92 Å². The maximum absolute atomic E-state index is 4.46. The average Bonchev–Trinajstić information content (AvgIpc) is 3.10. The van der Waals surface area contributed by atoms with Crippen LogP contribution in [0.4, 0.5) is 11.9 Å². The Bertz CT molecular complexity index is 566. The summed E-state index contributed by atoms with van der Waals surface area (Å²) >= 11 is 0. The standard InChI is InChI=1S/C13H19N7/c1-9-3-4-10(7-9)16-12-17-11(14-2)18-13(19-12)20-6-5-15-8-20/h5-6,8-10H,3-4,7H2,1-2H3,(H2,14,16,17,18,19). The SMILES string of the molecule is CNc1nc(NC2CCC(C)C2)nc(-n2ccnc2)n1. The van der Waals surface area contributed by atoms with Gasteiger partial charge in [-0.3, -0.25) is 4.57 Å². The topological polar surface area (TPSA) is 80.5 Å². The Morgan fingerprint density at radius 1 is 1.20 bits per heavy atom. The first-order chi connectivity index (χ1) is 9.74. The third kappa shape index (κ3) is 2.71. The van der Waals surface area contributed by atoms with E-state index in [1.807, 2.05) is 6.20 Å². The Balaban J connectivity index is 1.85. The second-order valence-electron chi connectivity index (χ2n) is 5.26. The number of hydrogen-bond donors (Lipinski definition) is 2. The molecule has 0 spiro atoms. The van der Waals surface area contributed by atoms with Crippen LogP contribution in [-0.2, 0) is 0 Å². The Morgan fingerprint density at radius 3 is 2.70 bits per heavy atom. The van der Waals surface area contributed by atoms with Gasteiger partial charge >= 0.3 is 0 Å². The Labute approximate surface area is 117 Å². The summed E-state index contributed by atoms with van der Waals surface area (Å²) in [5.74, 6) is 2.51. The summed E-state index contributed by atoms with van der Waals surface area (Å²) in [7, 11) is 1.80. The van der Waals surface area contributed by atoms with Gasteiger partial charge in [0.05, 0.1) is 0 Å². The van der Waals surface area contributed by atoms with E-state index in [4.69, 9.17) is 0 Å². The maximum Gasteiger partial charge on any atom is 0.241 e. The van der Waals surface area contributed by atoms with E-state index in [2.05, 4.69) is 37.5 Å². The normalized spacial score (nSPS) is 21.9. The van der Waals surface area contributed by atoms with Gasteiger partial charge in [-0.05, 0) is 25.2 Å². The number of anilines is 2. The van der Waals surface area contributed by atoms with Crippen LogP contribution >= 0.6 is 0 Å². The summed E-state index contributed by atoms with van der Waals surface area (Å²) in [6.07, 6.45) is 8.79. The summed E-state index contributed by atoms with van der Waals surface area (Å²) in [6.45, 7) is 2.28. The zero-order chi connectivity index (χ0) is 13.9. The van der Waals surface area contributed by atoms with Gasteiger partial charge in [0.15, 0.2) is 0 Å². The van der Waals surface area contributed by atoms with Crippen LogP contribution in [-0.4, -0.2) is 37.6 Å². The van der Waals surface area contributed by atoms with Gasteiger partial charge in [-0.1, -0.05) is 6.92 Å². The first kappa shape index (κ1) is 12.8. The van der Waals surface area contributed by atoms with Crippen LogP contribution in [0.15, 0.2) is 18.7 Å². The van der Waals surface area contributed by atoms with Crippen LogP contribution < -0.4 is 10.6 Å². The smallest absolute Gasteiger partial charge is 0.241 e. The summed E-state index contributed by atoms with van der Waals surface area (Å²) in [4.78, 5) is 17.2. The maximum atomic E-state index is 4.46. The number of rotatable bonds is 4. The molecule has 7 heteroatoms. The first-order valence-electron chi connectivity index (χ1n) is 6.93. The molecule has 1 aliphatic carbocycles. The highest BCUT2D eigenvalue weighted by atomic mass is 15.3. The van der Waals surface area contributed by atoms with Gasteiger partial charge in [0.2, 0.25) is 17.8 Å². The van der Waals surface area contributed by atoms with Crippen molar-refractivity contribution in [2.45, 2.75) is 32.2 Å². The van der Waals surface area contributed by atoms with E-state index in [1.54, 1.807) is 24.1 Å². The van der Waals surface area contributed by atoms with Crippen molar-refractivity contribution in [2.75, 3.05) is 17.7 Å². The van der Waals surface area contributed by atoms with Crippen LogP contribution in [0, 0.1) is 5.92 Å². The molecule has 2 aromatic rings. The average molecular weight is 273 g/mol. The molecule has 20 heavy (non-hydrogen) atoms. The zero-order valence-electron chi connectivity index (χ0n) is 11.7. The zero-order valence-corrected chi connectivity index (χ0v) is 11.7. The summed E-state index contributed by atoms with van der Waals surface area (Å²) in [5.41, 5.74) is 0. The molecule has 7 nitrogen and oxygen atoms in total. The Kier molecular flexibility index (Phi) is 3.49. The van der Waals surface area contributed by atoms with E-state index < -0.39 is 0 Å². The molecule has 106 valence electrons. The molecular weight excluding hydrogens is 254 g/mol. The van der Waals surface area contributed by atoms with Crippen LogP contribution in [0.1, 0.15) is 26.2 Å². The lowest BCUT2D eigenvalue weighted by molar-refractivity contribution is 0.601. The molecule has 0 bridgehead atoms. The lowest BCUT2D eigenvalue weighted by atomic mass is 10.1. The molecule has 0 saturated heterocycles. The van der Waals surface area contributed by atoms with Gasteiger partial charge in [0, 0.05) is 25.5 Å². The van der Waals surface area contributed by atoms with Crippen molar-refractivity contribution in [3.8, 4) is 5.95 Å². The van der Waals surface area contributed by atoms with Gasteiger partial charge in [-0.2, -0.15) is 15.0 Å². The van der Waals surface area contributed by atoms with E-state index in [-0.39, 0.29) is 0 Å². The van der Waals surface area contributed by atoms with Crippen molar-refractivity contribution in [3.05, 3.63) is 18.7 Å². The fraction of sp³-hybridized carbons (Fsp3) is 0.538. The number of nitrogens with zero attached hydrogens (tertiary/aromatic N) is 5. The van der Waals surface area contributed by atoms with Crippen LogP contribution in [0.3, 0.4) is 0 Å². The fourth-order valence-corrected chi connectivity index (χ4v) is 2.55. The minimum Gasteiger partial charge on any atom is -0.357 e. The molecule has 2 heterocycles. The fourth-order valence-electron chi connectivity index (χ4n) is 2.55. The molecule has 2 aromatic heterocycles. The molecule has 2 unspecified atom stereocenters. The molecule has 1 fully saturated rings. The summed E-state index contributed by atoms with van der Waals surface area (Å²) in [5, 5.41) is 6.38. The quantitative estimate of drug-likeness (QED) is 0.882. The molecule has 1 aliphatic rings. The van der Waals surface area contributed by atoms with Crippen molar-refractivity contribution < 1.29 is 0 Å². The van der Waals surface area contributed by atoms with Crippen molar-refractivity contribution in [1.82, 2.24) is 24.5 Å². The van der Waals surface area contributed by atoms with Gasteiger partial charge in [0.25, 0.3) is 0 Å². The van der Waals surface area contributed by atoms with E-state index in [0.717, 1.165) is 5.92 Å². The lowest BCUT2D eigenvalue weighted by Gasteiger charge is -2.13. The second-order valence-corrected chi connectivity index (χ2v) is 5.26. The van der Waals surface area contributed by atoms with Crippen molar-refractivity contribution in [3.63, 3.8) is 0 Å². The summed E-state index contributed by atoms with van der Waals surface area (Å²) in [6, 6.07) is 0.452. The van der Waals surface area contributed by atoms with Crippen LogP contribution in [0.25, 0.3) is 5.95 Å². The molecule has 1 saturated carbocycles. The van der Waals surface area contributed by atoms with Gasteiger partial charge in [0.1, 0.15) is 6.33 Å². The molecule has 3 rings (SSSR count). The molecule has 0 aliphatic heterocycles. The van der Waals surface area contributed by atoms with Crippen LogP contribution in [0.2, 0.25) is 0 Å². The van der Waals surface area contributed by atoms with Gasteiger partial charge < -0.3 is 10.6 Å². The number of aromatic nitrogens is 5. The molecule has 0 aromatic carbocycles. The highest BCUT2D eigenvalue weighted by molar-refractivity contribution is 5.38. The van der Waals surface area contributed by atoms with Crippen LogP contribution in [0.5, 0.6) is 0 Å². The third-order valence-corrected chi connectivity index (χ3v) is 3.61. The highest BCUT2D eigenvalue weighted by Crippen LogP contribution is 2.26. The molecule has 0 amide bonds. The predicted octanol–water partition coefficient (Wildman–Crippen LogP) is 1.70. The Hall–Kier alpha value is -2.18. The molecule has 2 N–H and O–H groups in total. The molecule has 0 radical (unpaired) electrons.